The van der Waals surface area contributed by atoms with Crippen molar-refractivity contribution in [2.75, 3.05) is 13.1 Å². The first-order valence-electron chi connectivity index (χ1n) is 6.53. The summed E-state index contributed by atoms with van der Waals surface area (Å²) in [4.78, 5) is 24.4. The molecule has 1 heterocycles. The quantitative estimate of drug-likeness (QED) is 0.725. The summed E-state index contributed by atoms with van der Waals surface area (Å²) in [5.41, 5.74) is 0.132. The molecule has 0 spiro atoms. The number of nitrogens with zero attached hydrogens (tertiary/aromatic N) is 1. The van der Waals surface area contributed by atoms with E-state index in [1.165, 1.54) is 19.3 Å². The molecule has 4 heteroatoms. The lowest BCUT2D eigenvalue weighted by molar-refractivity contribution is -0.121. The summed E-state index contributed by atoms with van der Waals surface area (Å²) >= 11 is 0. The number of urea groups is 1. The van der Waals surface area contributed by atoms with E-state index in [-0.39, 0.29) is 17.4 Å². The maximum absolute atomic E-state index is 11.6. The minimum atomic E-state index is -0.232. The molecular weight excluding hydrogens is 216 g/mol. The van der Waals surface area contributed by atoms with Gasteiger partial charge in [0.25, 0.3) is 0 Å². The normalized spacial score (nSPS) is 17.2. The lowest BCUT2D eigenvalue weighted by Crippen LogP contribution is -2.52. The summed E-state index contributed by atoms with van der Waals surface area (Å²) in [5, 5.41) is 2.37. The SMILES string of the molecule is CCCCCC(C)(C)CN1CCC(=O)NC1=O. The molecule has 1 rings (SSSR count). The number of carbonyl (C=O) groups is 2. The van der Waals surface area contributed by atoms with Gasteiger partial charge in [-0.25, -0.2) is 4.79 Å². The van der Waals surface area contributed by atoms with Crippen molar-refractivity contribution in [1.29, 1.82) is 0 Å². The molecule has 1 fully saturated rings. The number of carbonyl (C=O) groups excluding carboxylic acids is 2. The van der Waals surface area contributed by atoms with Gasteiger partial charge in [0.1, 0.15) is 0 Å². The molecule has 0 aliphatic carbocycles. The predicted molar refractivity (Wildman–Crippen MR) is 67.7 cm³/mol. The predicted octanol–water partition coefficient (Wildman–Crippen LogP) is 2.53. The van der Waals surface area contributed by atoms with Gasteiger partial charge in [-0.2, -0.15) is 0 Å². The molecule has 1 saturated heterocycles. The van der Waals surface area contributed by atoms with Crippen molar-refractivity contribution >= 4 is 11.9 Å². The van der Waals surface area contributed by atoms with E-state index in [1.54, 1.807) is 4.90 Å². The molecule has 0 unspecified atom stereocenters. The summed E-state index contributed by atoms with van der Waals surface area (Å²) in [6.07, 6.45) is 5.22. The first kappa shape index (κ1) is 14.0. The van der Waals surface area contributed by atoms with Gasteiger partial charge in [-0.05, 0) is 11.8 Å². The molecule has 1 N–H and O–H groups in total. The number of hydrogen-bond donors (Lipinski definition) is 1. The maximum atomic E-state index is 11.6. The van der Waals surface area contributed by atoms with Crippen LogP contribution in [0, 0.1) is 5.41 Å². The fourth-order valence-electron chi connectivity index (χ4n) is 2.20. The standard InChI is InChI=1S/C13H24N2O2/c1-4-5-6-8-13(2,3)10-15-9-7-11(16)14-12(15)17/h4-10H2,1-3H3,(H,14,16,17). The fourth-order valence-corrected chi connectivity index (χ4v) is 2.20. The molecular formula is C13H24N2O2. The van der Waals surface area contributed by atoms with E-state index in [4.69, 9.17) is 0 Å². The van der Waals surface area contributed by atoms with E-state index in [1.807, 2.05) is 0 Å². The molecule has 0 radical (unpaired) electrons. The van der Waals surface area contributed by atoms with E-state index in [9.17, 15) is 9.59 Å². The van der Waals surface area contributed by atoms with Crippen LogP contribution >= 0.6 is 0 Å². The first-order valence-corrected chi connectivity index (χ1v) is 6.53. The number of nitrogens with one attached hydrogen (secondary N) is 1. The third kappa shape index (κ3) is 4.75. The molecule has 17 heavy (non-hydrogen) atoms. The van der Waals surface area contributed by atoms with Gasteiger partial charge < -0.3 is 4.90 Å². The van der Waals surface area contributed by atoms with Gasteiger partial charge in [0.15, 0.2) is 0 Å². The zero-order chi connectivity index (χ0) is 12.9. The van der Waals surface area contributed by atoms with Crippen LogP contribution in [0.5, 0.6) is 0 Å². The van der Waals surface area contributed by atoms with Crippen LogP contribution in [0.15, 0.2) is 0 Å². The van der Waals surface area contributed by atoms with Crippen molar-refractivity contribution in [3.8, 4) is 0 Å². The minimum absolute atomic E-state index is 0.132. The topological polar surface area (TPSA) is 49.4 Å². The molecule has 1 aliphatic rings. The Morgan fingerprint density at radius 1 is 1.29 bits per heavy atom. The zero-order valence-corrected chi connectivity index (χ0v) is 11.2. The number of rotatable bonds is 6. The number of amides is 3. The molecule has 4 nitrogen and oxygen atoms in total. The van der Waals surface area contributed by atoms with Gasteiger partial charge in [-0.1, -0.05) is 40.0 Å². The largest absolute Gasteiger partial charge is 0.324 e. The lowest BCUT2D eigenvalue weighted by Gasteiger charge is -2.34. The highest BCUT2D eigenvalue weighted by Gasteiger charge is 2.28. The number of hydrogen-bond acceptors (Lipinski definition) is 2. The van der Waals surface area contributed by atoms with Crippen LogP contribution in [0.25, 0.3) is 0 Å². The third-order valence-corrected chi connectivity index (χ3v) is 3.22. The van der Waals surface area contributed by atoms with E-state index < -0.39 is 0 Å². The Morgan fingerprint density at radius 3 is 2.59 bits per heavy atom. The second-order valence-electron chi connectivity index (χ2n) is 5.65. The van der Waals surface area contributed by atoms with Gasteiger partial charge in [-0.3, -0.25) is 10.1 Å². The molecule has 1 aliphatic heterocycles. The van der Waals surface area contributed by atoms with Gasteiger partial charge in [0.05, 0.1) is 0 Å². The van der Waals surface area contributed by atoms with Crippen LogP contribution in [0.3, 0.4) is 0 Å². The fraction of sp³-hybridized carbons (Fsp3) is 0.846. The van der Waals surface area contributed by atoms with Crippen molar-refractivity contribution in [1.82, 2.24) is 10.2 Å². The number of imide groups is 1. The van der Waals surface area contributed by atoms with Gasteiger partial charge in [0.2, 0.25) is 5.91 Å². The highest BCUT2D eigenvalue weighted by atomic mass is 16.2. The molecule has 0 aromatic carbocycles. The van der Waals surface area contributed by atoms with Crippen LogP contribution in [-0.4, -0.2) is 29.9 Å². The summed E-state index contributed by atoms with van der Waals surface area (Å²) in [6.45, 7) is 7.85. The Kier molecular flexibility index (Phi) is 4.97. The van der Waals surface area contributed by atoms with Gasteiger partial charge in [-0.15, -0.1) is 0 Å². The average Bonchev–Trinajstić information content (AvgIpc) is 2.22. The first-order chi connectivity index (χ1) is 7.94. The second-order valence-corrected chi connectivity index (χ2v) is 5.65. The monoisotopic (exact) mass is 240 g/mol. The molecule has 0 aromatic heterocycles. The zero-order valence-electron chi connectivity index (χ0n) is 11.2. The summed E-state index contributed by atoms with van der Waals surface area (Å²) in [7, 11) is 0. The Morgan fingerprint density at radius 2 is 2.00 bits per heavy atom. The lowest BCUT2D eigenvalue weighted by atomic mass is 9.86. The molecule has 0 saturated carbocycles. The van der Waals surface area contributed by atoms with Crippen LogP contribution in [0.4, 0.5) is 4.79 Å². The van der Waals surface area contributed by atoms with Gasteiger partial charge in [0, 0.05) is 19.5 Å². The third-order valence-electron chi connectivity index (χ3n) is 3.22. The summed E-state index contributed by atoms with van der Waals surface area (Å²) in [5.74, 6) is -0.157. The Hall–Kier alpha value is -1.06. The minimum Gasteiger partial charge on any atom is -0.323 e. The van der Waals surface area contributed by atoms with E-state index in [2.05, 4.69) is 26.1 Å². The van der Waals surface area contributed by atoms with E-state index in [0.29, 0.717) is 13.0 Å². The van der Waals surface area contributed by atoms with E-state index in [0.717, 1.165) is 13.0 Å². The van der Waals surface area contributed by atoms with Gasteiger partial charge >= 0.3 is 6.03 Å². The summed E-state index contributed by atoms with van der Waals surface area (Å²) < 4.78 is 0. The van der Waals surface area contributed by atoms with Crippen LogP contribution in [-0.2, 0) is 4.79 Å². The Bertz CT molecular complexity index is 287. The second kappa shape index (κ2) is 6.03. The van der Waals surface area contributed by atoms with Crippen LogP contribution in [0.2, 0.25) is 0 Å². The van der Waals surface area contributed by atoms with Crippen molar-refractivity contribution in [2.45, 2.75) is 52.9 Å². The van der Waals surface area contributed by atoms with Crippen LogP contribution < -0.4 is 5.32 Å². The molecule has 0 bridgehead atoms. The maximum Gasteiger partial charge on any atom is 0.324 e. The van der Waals surface area contributed by atoms with E-state index >= 15 is 0 Å². The van der Waals surface area contributed by atoms with Crippen molar-refractivity contribution in [3.05, 3.63) is 0 Å². The summed E-state index contributed by atoms with van der Waals surface area (Å²) in [6, 6.07) is -0.232. The van der Waals surface area contributed by atoms with Crippen molar-refractivity contribution in [3.63, 3.8) is 0 Å². The molecule has 0 atom stereocenters. The highest BCUT2D eigenvalue weighted by molar-refractivity contribution is 5.96. The smallest absolute Gasteiger partial charge is 0.323 e. The molecule has 0 aromatic rings. The van der Waals surface area contributed by atoms with Crippen molar-refractivity contribution < 1.29 is 9.59 Å². The Balaban J connectivity index is 2.40. The number of unbranched alkanes of at least 4 members (excludes halogenated alkanes) is 2. The molecule has 3 amide bonds. The van der Waals surface area contributed by atoms with Crippen LogP contribution in [0.1, 0.15) is 52.9 Å². The Labute approximate surface area is 104 Å². The highest BCUT2D eigenvalue weighted by Crippen LogP contribution is 2.25. The average molecular weight is 240 g/mol. The van der Waals surface area contributed by atoms with Crippen molar-refractivity contribution in [2.24, 2.45) is 5.41 Å². The molecule has 98 valence electrons.